The zero-order valence-electron chi connectivity index (χ0n) is 26.5. The van der Waals surface area contributed by atoms with Gasteiger partial charge in [0, 0.05) is 5.92 Å². The third-order valence-electron chi connectivity index (χ3n) is 9.47. The monoisotopic (exact) mass is 590 g/mol. The van der Waals surface area contributed by atoms with Crippen LogP contribution in [-0.4, -0.2) is 0 Å². The second-order valence-electron chi connectivity index (χ2n) is 12.4. The van der Waals surface area contributed by atoms with Gasteiger partial charge in [0.2, 0.25) is 0 Å². The van der Waals surface area contributed by atoms with Crippen LogP contribution in [0.15, 0.2) is 121 Å². The largest absolute Gasteiger partial charge is 0.189 e. The van der Waals surface area contributed by atoms with E-state index in [9.17, 15) is 0 Å². The van der Waals surface area contributed by atoms with E-state index < -0.39 is 11.2 Å². The maximum absolute atomic E-state index is 6.48. The molecule has 3 heteroatoms. The van der Waals surface area contributed by atoms with Gasteiger partial charge in [-0.05, 0) is 28.7 Å². The molecule has 0 atom stereocenters. The quantitative estimate of drug-likeness (QED) is 0.0904. The Morgan fingerprint density at radius 3 is 1.02 bits per heavy atom. The molecule has 0 amide bonds. The average Bonchev–Trinajstić information content (AvgIpc) is 3.10. The summed E-state index contributed by atoms with van der Waals surface area (Å²) in [5, 5.41) is 5.86. The molecule has 0 bridgehead atoms. The number of unbranched alkanes of at least 4 members (excludes halogenated alkanes) is 11. The first-order valence-corrected chi connectivity index (χ1v) is 17.1. The Morgan fingerprint density at radius 2 is 0.705 bits per heavy atom. The van der Waals surface area contributed by atoms with Crippen molar-refractivity contribution in [3.8, 4) is 0 Å². The highest BCUT2D eigenvalue weighted by atomic mass is 17.5. The minimum absolute atomic E-state index is 0.110. The first-order chi connectivity index (χ1) is 21.8. The van der Waals surface area contributed by atoms with Crippen LogP contribution in [0.2, 0.25) is 0 Å². The highest BCUT2D eigenvalue weighted by Gasteiger charge is 2.61. The van der Waals surface area contributed by atoms with Crippen LogP contribution in [0.5, 0.6) is 0 Å². The zero-order valence-corrected chi connectivity index (χ0v) is 26.5. The van der Waals surface area contributed by atoms with Gasteiger partial charge in [-0.15, -0.1) is 0 Å². The Bertz CT molecular complexity index is 1150. The lowest BCUT2D eigenvalue weighted by Crippen LogP contribution is -2.56. The average molecular weight is 591 g/mol. The lowest BCUT2D eigenvalue weighted by molar-refractivity contribution is -0.613. The smallest absolute Gasteiger partial charge is 0.163 e. The lowest BCUT2D eigenvalue weighted by atomic mass is 9.62. The fourth-order valence-electron chi connectivity index (χ4n) is 7.20. The van der Waals surface area contributed by atoms with Gasteiger partial charge >= 0.3 is 0 Å². The molecule has 0 radical (unpaired) electrons. The SMILES string of the molecule is CCCCCCCCCCCCCCC1C(c2ccccc2)(c2ccccc2)OOOC1(c1ccccc1)c1ccccc1. The van der Waals surface area contributed by atoms with E-state index in [1.54, 1.807) is 0 Å². The van der Waals surface area contributed by atoms with Crippen LogP contribution in [0.1, 0.15) is 113 Å². The normalized spacial score (nSPS) is 16.1. The van der Waals surface area contributed by atoms with Crippen molar-refractivity contribution in [3.05, 3.63) is 144 Å². The second kappa shape index (κ2) is 16.7. The molecule has 1 saturated heterocycles. The molecule has 0 saturated carbocycles. The summed E-state index contributed by atoms with van der Waals surface area (Å²) in [7, 11) is 0. The van der Waals surface area contributed by atoms with E-state index in [-0.39, 0.29) is 5.92 Å². The van der Waals surface area contributed by atoms with Gasteiger partial charge in [-0.3, -0.25) is 0 Å². The zero-order chi connectivity index (χ0) is 30.3. The van der Waals surface area contributed by atoms with Crippen LogP contribution >= 0.6 is 0 Å². The van der Waals surface area contributed by atoms with E-state index in [1.165, 1.54) is 70.6 Å². The second-order valence-corrected chi connectivity index (χ2v) is 12.4. The summed E-state index contributed by atoms with van der Waals surface area (Å²) in [4.78, 5) is 13.0. The summed E-state index contributed by atoms with van der Waals surface area (Å²) in [6.07, 6.45) is 16.7. The molecule has 3 nitrogen and oxygen atoms in total. The van der Waals surface area contributed by atoms with E-state index in [4.69, 9.17) is 14.8 Å². The van der Waals surface area contributed by atoms with Gasteiger partial charge in [0.1, 0.15) is 0 Å². The van der Waals surface area contributed by atoms with Crippen LogP contribution in [0, 0.1) is 5.92 Å². The van der Waals surface area contributed by atoms with Crippen LogP contribution in [0.3, 0.4) is 0 Å². The number of hydrogen-bond donors (Lipinski definition) is 0. The van der Waals surface area contributed by atoms with Crippen LogP contribution in [0.4, 0.5) is 0 Å². The molecule has 1 aliphatic rings. The van der Waals surface area contributed by atoms with Crippen molar-refractivity contribution in [1.29, 1.82) is 0 Å². The van der Waals surface area contributed by atoms with Gasteiger partial charge in [0.15, 0.2) is 11.2 Å². The molecule has 0 N–H and O–H groups in total. The minimum Gasteiger partial charge on any atom is -0.189 e. The molecule has 1 heterocycles. The Kier molecular flexibility index (Phi) is 12.2. The maximum Gasteiger partial charge on any atom is 0.163 e. The van der Waals surface area contributed by atoms with Gasteiger partial charge in [-0.25, -0.2) is 0 Å². The molecule has 0 unspecified atom stereocenters. The maximum atomic E-state index is 6.48. The topological polar surface area (TPSA) is 27.7 Å². The van der Waals surface area contributed by atoms with E-state index in [2.05, 4.69) is 128 Å². The third-order valence-corrected chi connectivity index (χ3v) is 9.47. The fraction of sp³-hybridized carbons (Fsp3) is 0.415. The first kappa shape index (κ1) is 32.2. The molecule has 4 aromatic rings. The minimum atomic E-state index is -0.885. The summed E-state index contributed by atoms with van der Waals surface area (Å²) in [6, 6.07) is 42.3. The molecule has 44 heavy (non-hydrogen) atoms. The molecule has 5 rings (SSSR count). The predicted molar refractivity (Wildman–Crippen MR) is 180 cm³/mol. The molecule has 0 aromatic heterocycles. The molecule has 4 aromatic carbocycles. The van der Waals surface area contributed by atoms with Gasteiger partial charge in [-0.1, -0.05) is 210 Å². The number of hydrogen-bond acceptors (Lipinski definition) is 3. The molecule has 232 valence electrons. The molecule has 1 fully saturated rings. The lowest BCUT2D eigenvalue weighted by Gasteiger charge is -2.52. The van der Waals surface area contributed by atoms with Crippen molar-refractivity contribution in [2.75, 3.05) is 0 Å². The van der Waals surface area contributed by atoms with Crippen molar-refractivity contribution in [3.63, 3.8) is 0 Å². The van der Waals surface area contributed by atoms with Crippen LogP contribution in [0.25, 0.3) is 0 Å². The van der Waals surface area contributed by atoms with Crippen molar-refractivity contribution in [2.24, 2.45) is 5.92 Å². The Balaban J connectivity index is 1.44. The Morgan fingerprint density at radius 1 is 0.409 bits per heavy atom. The standard InChI is InChI=1S/C41H50O3/c1-2-3-4-5-6-7-8-9-10-11-12-25-34-39-40(35-26-17-13-18-27-35,36-28-19-14-20-29-36)42-44-43-41(39,37-30-21-15-22-31-37)38-32-23-16-24-33-38/h13-24,26-33,39H,2-12,25,34H2,1H3. The highest BCUT2D eigenvalue weighted by molar-refractivity contribution is 5.45. The van der Waals surface area contributed by atoms with E-state index >= 15 is 0 Å². The summed E-state index contributed by atoms with van der Waals surface area (Å²) >= 11 is 0. The Hall–Kier alpha value is -3.24. The van der Waals surface area contributed by atoms with Gasteiger partial charge in [-0.2, -0.15) is 9.78 Å². The molecule has 1 aliphatic heterocycles. The summed E-state index contributed by atoms with van der Waals surface area (Å²) < 4.78 is 0. The van der Waals surface area contributed by atoms with Crippen LogP contribution in [-0.2, 0) is 26.0 Å². The van der Waals surface area contributed by atoms with Crippen molar-refractivity contribution >= 4 is 0 Å². The van der Waals surface area contributed by atoms with Crippen molar-refractivity contribution in [2.45, 2.75) is 102 Å². The van der Waals surface area contributed by atoms with Gasteiger partial charge in [0.05, 0.1) is 0 Å². The summed E-state index contributed by atoms with van der Waals surface area (Å²) in [5.41, 5.74) is 2.49. The molecule has 0 spiro atoms. The molecular formula is C41H50O3. The third kappa shape index (κ3) is 7.34. The van der Waals surface area contributed by atoms with Gasteiger partial charge in [0.25, 0.3) is 0 Å². The summed E-state index contributed by atoms with van der Waals surface area (Å²) in [6.45, 7) is 2.29. The van der Waals surface area contributed by atoms with E-state index in [0.717, 1.165) is 35.1 Å². The van der Waals surface area contributed by atoms with E-state index in [1.807, 2.05) is 0 Å². The Labute approximate surface area is 265 Å². The molecular weight excluding hydrogens is 540 g/mol. The van der Waals surface area contributed by atoms with Crippen molar-refractivity contribution < 1.29 is 14.8 Å². The number of rotatable bonds is 17. The molecule has 0 aliphatic carbocycles. The van der Waals surface area contributed by atoms with Crippen LogP contribution < -0.4 is 0 Å². The number of benzene rings is 4. The predicted octanol–water partition coefficient (Wildman–Crippen LogP) is 11.5. The van der Waals surface area contributed by atoms with Gasteiger partial charge < -0.3 is 0 Å². The fourth-order valence-corrected chi connectivity index (χ4v) is 7.20. The first-order valence-electron chi connectivity index (χ1n) is 17.1. The van der Waals surface area contributed by atoms with Crippen molar-refractivity contribution in [1.82, 2.24) is 0 Å². The van der Waals surface area contributed by atoms with E-state index in [0.29, 0.717) is 0 Å². The highest BCUT2D eigenvalue weighted by Crippen LogP contribution is 2.57. The summed E-state index contributed by atoms with van der Waals surface area (Å²) in [5.74, 6) is -0.110.